The SMILES string of the molecule is CCCCOc1ccc(N2C(=O)NC(=O)/C(=C/c3ccc(OCCC)c(Br)c3)C2=O)cc1. The monoisotopic (exact) mass is 500 g/mol. The summed E-state index contributed by atoms with van der Waals surface area (Å²) in [4.78, 5) is 38.8. The molecule has 0 spiro atoms. The standard InChI is InChI=1S/C24H25BrN2O5/c1-3-5-13-31-18-9-7-17(8-10-18)27-23(29)19(22(28)26-24(27)30)14-16-6-11-21(20(25)15-16)32-12-4-2/h6-11,14-15H,3-5,12-13H2,1-2H3,(H,26,28,30)/b19-14-. The van der Waals surface area contributed by atoms with Gasteiger partial charge in [-0.25, -0.2) is 9.69 Å². The number of nitrogens with zero attached hydrogens (tertiary/aromatic N) is 1. The molecule has 0 aliphatic carbocycles. The molecule has 2 aromatic carbocycles. The fourth-order valence-corrected chi connectivity index (χ4v) is 3.53. The Labute approximate surface area is 195 Å². The molecule has 1 saturated heterocycles. The van der Waals surface area contributed by atoms with Crippen molar-refractivity contribution < 1.29 is 23.9 Å². The Bertz CT molecular complexity index is 1030. The number of urea groups is 1. The number of nitrogens with one attached hydrogen (secondary N) is 1. The van der Waals surface area contributed by atoms with Crippen LogP contribution in [0, 0.1) is 0 Å². The van der Waals surface area contributed by atoms with Gasteiger partial charge in [0.05, 0.1) is 23.4 Å². The lowest BCUT2D eigenvalue weighted by molar-refractivity contribution is -0.122. The van der Waals surface area contributed by atoms with Crippen molar-refractivity contribution in [2.75, 3.05) is 18.1 Å². The Morgan fingerprint density at radius 3 is 2.38 bits per heavy atom. The van der Waals surface area contributed by atoms with E-state index >= 15 is 0 Å². The summed E-state index contributed by atoms with van der Waals surface area (Å²) in [6.07, 6.45) is 4.29. The van der Waals surface area contributed by atoms with Gasteiger partial charge in [-0.05, 0) is 76.8 Å². The molecule has 168 valence electrons. The topological polar surface area (TPSA) is 84.9 Å². The molecular weight excluding hydrogens is 476 g/mol. The van der Waals surface area contributed by atoms with Gasteiger partial charge in [-0.3, -0.25) is 14.9 Å². The quantitative estimate of drug-likeness (QED) is 0.294. The van der Waals surface area contributed by atoms with Crippen LogP contribution in [0.5, 0.6) is 11.5 Å². The lowest BCUT2D eigenvalue weighted by Gasteiger charge is -2.26. The second-order valence-electron chi connectivity index (χ2n) is 7.19. The Morgan fingerprint density at radius 1 is 0.969 bits per heavy atom. The first-order chi connectivity index (χ1) is 15.4. The maximum atomic E-state index is 13.0. The second-order valence-corrected chi connectivity index (χ2v) is 8.05. The van der Waals surface area contributed by atoms with Crippen LogP contribution < -0.4 is 19.7 Å². The molecule has 3 rings (SSSR count). The van der Waals surface area contributed by atoms with Crippen LogP contribution in [0.1, 0.15) is 38.7 Å². The van der Waals surface area contributed by atoms with Crippen molar-refractivity contribution in [3.8, 4) is 11.5 Å². The molecule has 0 unspecified atom stereocenters. The van der Waals surface area contributed by atoms with Crippen LogP contribution in [0.15, 0.2) is 52.5 Å². The fourth-order valence-electron chi connectivity index (χ4n) is 3.02. The minimum absolute atomic E-state index is 0.137. The lowest BCUT2D eigenvalue weighted by atomic mass is 10.1. The summed E-state index contributed by atoms with van der Waals surface area (Å²) in [5, 5.41) is 2.23. The van der Waals surface area contributed by atoms with E-state index in [1.54, 1.807) is 42.5 Å². The molecule has 1 aliphatic rings. The molecule has 1 N–H and O–H groups in total. The van der Waals surface area contributed by atoms with E-state index in [1.165, 1.54) is 6.08 Å². The van der Waals surface area contributed by atoms with E-state index < -0.39 is 17.8 Å². The highest BCUT2D eigenvalue weighted by molar-refractivity contribution is 9.10. The highest BCUT2D eigenvalue weighted by atomic mass is 79.9. The van der Waals surface area contributed by atoms with Gasteiger partial charge in [0.25, 0.3) is 11.8 Å². The molecule has 1 fully saturated rings. The van der Waals surface area contributed by atoms with Gasteiger partial charge in [-0.2, -0.15) is 0 Å². The molecule has 0 saturated carbocycles. The fraction of sp³-hybridized carbons (Fsp3) is 0.292. The van der Waals surface area contributed by atoms with Gasteiger partial charge < -0.3 is 9.47 Å². The first kappa shape index (κ1) is 23.5. The largest absolute Gasteiger partial charge is 0.494 e. The molecule has 7 nitrogen and oxygen atoms in total. The number of carbonyl (C=O) groups excluding carboxylic acids is 3. The zero-order valence-electron chi connectivity index (χ0n) is 18.0. The molecule has 0 aromatic heterocycles. The zero-order chi connectivity index (χ0) is 23.1. The number of ether oxygens (including phenoxy) is 2. The highest BCUT2D eigenvalue weighted by Crippen LogP contribution is 2.28. The molecule has 1 heterocycles. The summed E-state index contributed by atoms with van der Waals surface area (Å²) in [6, 6.07) is 11.1. The minimum Gasteiger partial charge on any atom is -0.494 e. The van der Waals surface area contributed by atoms with E-state index in [-0.39, 0.29) is 5.57 Å². The number of carbonyl (C=O) groups is 3. The smallest absolute Gasteiger partial charge is 0.335 e. The van der Waals surface area contributed by atoms with E-state index in [1.807, 2.05) is 6.92 Å². The number of hydrogen-bond acceptors (Lipinski definition) is 5. The maximum Gasteiger partial charge on any atom is 0.335 e. The molecule has 0 bridgehead atoms. The van der Waals surface area contributed by atoms with Gasteiger partial charge in [0.15, 0.2) is 0 Å². The number of amides is 4. The van der Waals surface area contributed by atoms with Crippen LogP contribution in [0.25, 0.3) is 6.08 Å². The van der Waals surface area contributed by atoms with E-state index in [9.17, 15) is 14.4 Å². The molecule has 4 amide bonds. The molecular formula is C24H25BrN2O5. The van der Waals surface area contributed by atoms with Crippen LogP contribution in [-0.4, -0.2) is 31.1 Å². The summed E-state index contributed by atoms with van der Waals surface area (Å²) in [6.45, 7) is 5.27. The Balaban J connectivity index is 1.83. The Kier molecular flexibility index (Phi) is 8.05. The van der Waals surface area contributed by atoms with Gasteiger partial charge >= 0.3 is 6.03 Å². The number of anilines is 1. The molecule has 8 heteroatoms. The van der Waals surface area contributed by atoms with Crippen LogP contribution in [0.2, 0.25) is 0 Å². The van der Waals surface area contributed by atoms with E-state index in [2.05, 4.69) is 28.2 Å². The van der Waals surface area contributed by atoms with Crippen molar-refractivity contribution in [3.05, 3.63) is 58.1 Å². The van der Waals surface area contributed by atoms with Gasteiger partial charge in [0.2, 0.25) is 0 Å². The molecule has 0 atom stereocenters. The van der Waals surface area contributed by atoms with Crippen molar-refractivity contribution in [1.82, 2.24) is 5.32 Å². The predicted octanol–water partition coefficient (Wildman–Crippen LogP) is 5.08. The summed E-state index contributed by atoms with van der Waals surface area (Å²) in [5.41, 5.74) is 0.827. The van der Waals surface area contributed by atoms with Crippen LogP contribution in [-0.2, 0) is 9.59 Å². The minimum atomic E-state index is -0.790. The van der Waals surface area contributed by atoms with Crippen LogP contribution in [0.3, 0.4) is 0 Å². The van der Waals surface area contributed by atoms with Crippen molar-refractivity contribution in [2.45, 2.75) is 33.1 Å². The summed E-state index contributed by atoms with van der Waals surface area (Å²) < 4.78 is 12.0. The zero-order valence-corrected chi connectivity index (χ0v) is 19.6. The van der Waals surface area contributed by atoms with Crippen LogP contribution in [0.4, 0.5) is 10.5 Å². The number of benzene rings is 2. The highest BCUT2D eigenvalue weighted by Gasteiger charge is 2.36. The third-order valence-electron chi connectivity index (χ3n) is 4.69. The van der Waals surface area contributed by atoms with E-state index in [4.69, 9.17) is 9.47 Å². The number of imide groups is 2. The summed E-state index contributed by atoms with van der Waals surface area (Å²) in [7, 11) is 0. The normalized spacial score (nSPS) is 15.2. The van der Waals surface area contributed by atoms with Crippen molar-refractivity contribution in [1.29, 1.82) is 0 Å². The second kappa shape index (κ2) is 10.9. The third kappa shape index (κ3) is 5.56. The van der Waals surface area contributed by atoms with Crippen molar-refractivity contribution in [2.24, 2.45) is 0 Å². The molecule has 0 radical (unpaired) electrons. The lowest BCUT2D eigenvalue weighted by Crippen LogP contribution is -2.54. The number of unbranched alkanes of at least 4 members (excludes halogenated alkanes) is 1. The number of halogens is 1. The van der Waals surface area contributed by atoms with Gasteiger partial charge in [-0.1, -0.05) is 26.3 Å². The van der Waals surface area contributed by atoms with Gasteiger partial charge in [0, 0.05) is 0 Å². The predicted molar refractivity (Wildman–Crippen MR) is 126 cm³/mol. The first-order valence-corrected chi connectivity index (χ1v) is 11.3. The average Bonchev–Trinajstić information content (AvgIpc) is 2.77. The average molecular weight is 501 g/mol. The Hall–Kier alpha value is -3.13. The van der Waals surface area contributed by atoms with Crippen molar-refractivity contribution in [3.63, 3.8) is 0 Å². The van der Waals surface area contributed by atoms with Gasteiger partial charge in [-0.15, -0.1) is 0 Å². The summed E-state index contributed by atoms with van der Waals surface area (Å²) >= 11 is 3.44. The third-order valence-corrected chi connectivity index (χ3v) is 5.31. The first-order valence-electron chi connectivity index (χ1n) is 10.5. The number of barbiturate groups is 1. The maximum absolute atomic E-state index is 13.0. The van der Waals surface area contributed by atoms with Gasteiger partial charge in [0.1, 0.15) is 17.1 Å². The molecule has 32 heavy (non-hydrogen) atoms. The summed E-state index contributed by atoms with van der Waals surface area (Å²) in [5.74, 6) is -0.111. The molecule has 1 aliphatic heterocycles. The molecule has 2 aromatic rings. The Morgan fingerprint density at radius 2 is 1.72 bits per heavy atom. The van der Waals surface area contributed by atoms with Crippen molar-refractivity contribution >= 4 is 45.5 Å². The van der Waals surface area contributed by atoms with E-state index in [0.29, 0.717) is 40.4 Å². The number of rotatable bonds is 9. The van der Waals surface area contributed by atoms with Crippen LogP contribution >= 0.6 is 15.9 Å². The van der Waals surface area contributed by atoms with E-state index in [0.717, 1.165) is 24.2 Å². The number of hydrogen-bond donors (Lipinski definition) is 1.